The Labute approximate surface area is 283 Å². The summed E-state index contributed by atoms with van der Waals surface area (Å²) < 4.78 is 0.801. The molecule has 7 nitrogen and oxygen atoms in total. The van der Waals surface area contributed by atoms with Crippen molar-refractivity contribution in [3.63, 3.8) is 0 Å². The zero-order valence-corrected chi connectivity index (χ0v) is 30.0. The van der Waals surface area contributed by atoms with E-state index in [1.165, 1.54) is 116 Å². The van der Waals surface area contributed by atoms with Crippen LogP contribution in [0.1, 0.15) is 193 Å². The summed E-state index contributed by atoms with van der Waals surface area (Å²) >= 11 is 0. The summed E-state index contributed by atoms with van der Waals surface area (Å²) in [5.41, 5.74) is 0. The van der Waals surface area contributed by atoms with Crippen LogP contribution in [0.5, 0.6) is 0 Å². The molecule has 270 valence electrons. The van der Waals surface area contributed by atoms with E-state index in [1.54, 1.807) is 0 Å². The molecule has 0 aliphatic heterocycles. The number of aliphatic carboxylic acids is 3. The lowest BCUT2D eigenvalue weighted by Crippen LogP contribution is -2.50. The first-order valence-electron chi connectivity index (χ1n) is 19.4. The van der Waals surface area contributed by atoms with Gasteiger partial charge < -0.3 is 24.6 Å². The van der Waals surface area contributed by atoms with Gasteiger partial charge in [-0.1, -0.05) is 128 Å². The number of hydrogen-bond acceptors (Lipinski definition) is 4. The van der Waals surface area contributed by atoms with Gasteiger partial charge in [0, 0.05) is 25.2 Å². The first kappa shape index (κ1) is 44.1. The molecule has 0 heterocycles. The number of carbonyl (C=O) groups is 3. The summed E-state index contributed by atoms with van der Waals surface area (Å²) in [6.45, 7) is 5.72. The van der Waals surface area contributed by atoms with Gasteiger partial charge in [-0.05, 0) is 57.8 Å². The van der Waals surface area contributed by atoms with Crippen molar-refractivity contribution in [2.75, 3.05) is 26.2 Å². The summed E-state index contributed by atoms with van der Waals surface area (Å²) in [5, 5.41) is 29.0. The van der Waals surface area contributed by atoms with E-state index in [9.17, 15) is 19.5 Å². The van der Waals surface area contributed by atoms with E-state index >= 15 is 0 Å². The fourth-order valence-corrected chi connectivity index (χ4v) is 6.58. The Morgan fingerprint density at radius 1 is 0.457 bits per heavy atom. The maximum absolute atomic E-state index is 11.0. The maximum Gasteiger partial charge on any atom is 0.303 e. The average molecular weight is 652 g/mol. The molecule has 0 aromatic rings. The minimum Gasteiger partial charge on any atom is -0.550 e. The van der Waals surface area contributed by atoms with Crippen LogP contribution < -0.4 is 5.11 Å². The van der Waals surface area contributed by atoms with Crippen molar-refractivity contribution in [1.29, 1.82) is 0 Å². The van der Waals surface area contributed by atoms with Gasteiger partial charge in [-0.15, -0.1) is 0 Å². The number of carboxylic acids is 3. The van der Waals surface area contributed by atoms with Crippen LogP contribution in [0.3, 0.4) is 0 Å². The Morgan fingerprint density at radius 3 is 1.17 bits per heavy atom. The fourth-order valence-electron chi connectivity index (χ4n) is 6.58. The van der Waals surface area contributed by atoms with Crippen LogP contribution in [0, 0.1) is 0 Å². The van der Waals surface area contributed by atoms with Crippen molar-refractivity contribution in [2.45, 2.75) is 193 Å². The molecule has 0 aliphatic rings. The van der Waals surface area contributed by atoms with Gasteiger partial charge in [0.2, 0.25) is 0 Å². The third kappa shape index (κ3) is 32.1. The second-order valence-corrected chi connectivity index (χ2v) is 13.8. The molecule has 0 rings (SSSR count). The van der Waals surface area contributed by atoms with Gasteiger partial charge in [0.25, 0.3) is 0 Å². The highest BCUT2D eigenvalue weighted by atomic mass is 16.4. The predicted molar refractivity (Wildman–Crippen MR) is 189 cm³/mol. The summed E-state index contributed by atoms with van der Waals surface area (Å²) in [6.07, 6.45) is 36.1. The standard InChI is InChI=1S/C39H73NO6/c1-2-3-4-5-6-7-8-9-10-11-12-13-14-15-16-17-18-19-20-21-22-26-33-40(34-27-23-30-37(41)42,35-28-24-31-38(43)44)36-29-25-32-39(45)46/h21-22H,2-20,23-36H2,1H3,(H2-,41,42,43,44,45,46)/b22-21+. The van der Waals surface area contributed by atoms with Crippen molar-refractivity contribution in [3.8, 4) is 0 Å². The smallest absolute Gasteiger partial charge is 0.303 e. The van der Waals surface area contributed by atoms with Crippen LogP contribution in [-0.2, 0) is 14.4 Å². The van der Waals surface area contributed by atoms with Gasteiger partial charge in [0.1, 0.15) is 0 Å². The third-order valence-electron chi connectivity index (χ3n) is 9.47. The Kier molecular flexibility index (Phi) is 31.7. The van der Waals surface area contributed by atoms with Crippen LogP contribution in [0.2, 0.25) is 0 Å². The number of rotatable bonds is 37. The minimum atomic E-state index is -1.02. The molecular weight excluding hydrogens is 578 g/mol. The number of hydrogen-bond donors (Lipinski definition) is 2. The topological polar surface area (TPSA) is 115 Å². The number of unbranched alkanes of at least 4 members (excludes halogenated alkanes) is 21. The van der Waals surface area contributed by atoms with Crippen LogP contribution in [0.25, 0.3) is 0 Å². The van der Waals surface area contributed by atoms with Crippen molar-refractivity contribution < 1.29 is 34.2 Å². The SMILES string of the molecule is CCCCCCCCCCCCCCCCCCCC/C=C/CC[N+](CCCCC(=O)[O-])(CCCCC(=O)O)CCCCC(=O)O. The quantitative estimate of drug-likeness (QED) is 0.0393. The average Bonchev–Trinajstić information content (AvgIpc) is 3.02. The van der Waals surface area contributed by atoms with Gasteiger partial charge in [0.05, 0.1) is 26.2 Å². The highest BCUT2D eigenvalue weighted by molar-refractivity contribution is 5.66. The lowest BCUT2D eigenvalue weighted by Gasteiger charge is -2.39. The zero-order chi connectivity index (χ0) is 34.0. The number of allylic oxidation sites excluding steroid dienone is 1. The molecule has 7 heteroatoms. The van der Waals surface area contributed by atoms with E-state index in [4.69, 9.17) is 10.2 Å². The third-order valence-corrected chi connectivity index (χ3v) is 9.47. The van der Waals surface area contributed by atoms with Crippen LogP contribution in [-0.4, -0.2) is 58.8 Å². The molecular formula is C39H73NO6. The normalized spacial score (nSPS) is 11.8. The van der Waals surface area contributed by atoms with Crippen LogP contribution in [0.4, 0.5) is 0 Å². The van der Waals surface area contributed by atoms with Gasteiger partial charge in [-0.3, -0.25) is 9.59 Å². The molecule has 46 heavy (non-hydrogen) atoms. The molecule has 0 aromatic heterocycles. The van der Waals surface area contributed by atoms with Crippen molar-refractivity contribution in [1.82, 2.24) is 0 Å². The highest BCUT2D eigenvalue weighted by Gasteiger charge is 2.26. The summed E-state index contributed by atoms with van der Waals surface area (Å²) in [5.74, 6) is -2.59. The number of carbonyl (C=O) groups excluding carboxylic acids is 1. The Hall–Kier alpha value is -1.89. The number of carboxylic acid groups (broad SMARTS) is 3. The molecule has 0 amide bonds. The molecule has 0 radical (unpaired) electrons. The van der Waals surface area contributed by atoms with Crippen molar-refractivity contribution in [2.24, 2.45) is 0 Å². The molecule has 0 spiro atoms. The first-order valence-corrected chi connectivity index (χ1v) is 19.4. The van der Waals surface area contributed by atoms with Gasteiger partial charge in [-0.25, -0.2) is 0 Å². The van der Waals surface area contributed by atoms with E-state index in [1.807, 2.05) is 0 Å². The molecule has 0 fully saturated rings. The molecule has 2 N–H and O–H groups in total. The van der Waals surface area contributed by atoms with Crippen LogP contribution in [0.15, 0.2) is 12.2 Å². The Morgan fingerprint density at radius 2 is 0.804 bits per heavy atom. The molecule has 0 saturated carbocycles. The number of nitrogens with zero attached hydrogens (tertiary/aromatic N) is 1. The largest absolute Gasteiger partial charge is 0.550 e. The molecule has 0 saturated heterocycles. The Balaban J connectivity index is 4.21. The minimum absolute atomic E-state index is 0.0529. The first-order chi connectivity index (χ1) is 22.3. The van der Waals surface area contributed by atoms with Crippen LogP contribution >= 0.6 is 0 Å². The van der Waals surface area contributed by atoms with Gasteiger partial charge >= 0.3 is 11.9 Å². The maximum atomic E-state index is 11.0. The summed E-state index contributed by atoms with van der Waals surface area (Å²) in [7, 11) is 0. The van der Waals surface area contributed by atoms with Gasteiger partial charge in [0.15, 0.2) is 0 Å². The second kappa shape index (κ2) is 33.0. The van der Waals surface area contributed by atoms with E-state index < -0.39 is 17.9 Å². The fraction of sp³-hybridized carbons (Fsp3) is 0.872. The lowest BCUT2D eigenvalue weighted by molar-refractivity contribution is -0.928. The lowest BCUT2D eigenvalue weighted by atomic mass is 10.0. The molecule has 0 atom stereocenters. The predicted octanol–water partition coefficient (Wildman–Crippen LogP) is 9.61. The monoisotopic (exact) mass is 652 g/mol. The zero-order valence-electron chi connectivity index (χ0n) is 30.0. The van der Waals surface area contributed by atoms with Crippen molar-refractivity contribution >= 4 is 17.9 Å². The summed E-state index contributed by atoms with van der Waals surface area (Å²) in [4.78, 5) is 33.0. The molecule has 0 aliphatic carbocycles. The molecule has 0 unspecified atom stereocenters. The van der Waals surface area contributed by atoms with E-state index in [0.717, 1.165) is 62.8 Å². The molecule has 0 aromatic carbocycles. The van der Waals surface area contributed by atoms with E-state index in [0.29, 0.717) is 19.3 Å². The van der Waals surface area contributed by atoms with E-state index in [2.05, 4.69) is 19.1 Å². The Bertz CT molecular complexity index is 698. The second-order valence-electron chi connectivity index (χ2n) is 13.8. The van der Waals surface area contributed by atoms with Gasteiger partial charge in [-0.2, -0.15) is 0 Å². The molecule has 0 bridgehead atoms. The van der Waals surface area contributed by atoms with Crippen molar-refractivity contribution in [3.05, 3.63) is 12.2 Å². The van der Waals surface area contributed by atoms with E-state index in [-0.39, 0.29) is 19.3 Å². The summed E-state index contributed by atoms with van der Waals surface area (Å²) in [6, 6.07) is 0. The highest BCUT2D eigenvalue weighted by Crippen LogP contribution is 2.19. The number of quaternary nitrogens is 1.